The van der Waals surface area contributed by atoms with Gasteiger partial charge in [-0.1, -0.05) is 6.07 Å². The van der Waals surface area contributed by atoms with Gasteiger partial charge in [0.05, 0.1) is 5.69 Å². The van der Waals surface area contributed by atoms with Crippen LogP contribution in [0.15, 0.2) is 24.4 Å². The van der Waals surface area contributed by atoms with Crippen LogP contribution in [0.4, 0.5) is 13.2 Å². The van der Waals surface area contributed by atoms with E-state index in [1.807, 2.05) is 12.3 Å². The van der Waals surface area contributed by atoms with Crippen molar-refractivity contribution in [2.24, 2.45) is 0 Å². The van der Waals surface area contributed by atoms with Crippen molar-refractivity contribution in [2.75, 3.05) is 53.4 Å². The number of nitrogens with zero attached hydrogens (tertiary/aromatic N) is 4. The molecule has 1 N–H and O–H groups in total. The van der Waals surface area contributed by atoms with E-state index in [1.54, 1.807) is 0 Å². The van der Waals surface area contributed by atoms with E-state index < -0.39 is 15.6 Å². The molecule has 2 rings (SSSR count). The molecule has 2 heterocycles. The molecule has 1 saturated heterocycles. The summed E-state index contributed by atoms with van der Waals surface area (Å²) in [5.74, 6) is 0. The molecule has 1 fully saturated rings. The van der Waals surface area contributed by atoms with Crippen LogP contribution >= 0.6 is 0 Å². The summed E-state index contributed by atoms with van der Waals surface area (Å²) in [4.78, 5) is 11.7. The molecule has 0 aliphatic carbocycles. The van der Waals surface area contributed by atoms with Gasteiger partial charge in [0, 0.05) is 52.0 Å². The average Bonchev–Trinajstić information content (AvgIpc) is 2.61. The minimum atomic E-state index is -6.09. The third kappa shape index (κ3) is 13.9. The molecule has 1 aromatic rings. The molecule has 29 heavy (non-hydrogen) atoms. The maximum absolute atomic E-state index is 10.7. The Labute approximate surface area is 179 Å². The van der Waals surface area contributed by atoms with E-state index in [-0.39, 0.29) is 28.0 Å². The fourth-order valence-electron chi connectivity index (χ4n) is 2.18. The van der Waals surface area contributed by atoms with Crippen LogP contribution in [0.3, 0.4) is 0 Å². The molecule has 0 aromatic carbocycles. The number of hydrogen-bond acceptors (Lipinski definition) is 8. The molecule has 14 heteroatoms. The van der Waals surface area contributed by atoms with Crippen molar-refractivity contribution < 1.29 is 54.2 Å². The third-order valence-electron chi connectivity index (χ3n) is 3.85. The van der Waals surface area contributed by atoms with Crippen LogP contribution in [0.2, 0.25) is 0 Å². The Morgan fingerprint density at radius 3 is 1.79 bits per heavy atom. The van der Waals surface area contributed by atoms with Crippen LogP contribution in [0.5, 0.6) is 0 Å². The summed E-state index contributed by atoms with van der Waals surface area (Å²) in [6, 6.07) is 6.15. The Kier molecular flexibility index (Phi) is 17.0. The second kappa shape index (κ2) is 15.0. The van der Waals surface area contributed by atoms with E-state index in [0.29, 0.717) is 0 Å². The van der Waals surface area contributed by atoms with E-state index in [1.165, 1.54) is 5.69 Å². The van der Waals surface area contributed by atoms with E-state index in [9.17, 15) is 13.2 Å². The first-order valence-electron chi connectivity index (χ1n) is 8.00. The molecular weight excluding hydrogens is 463 g/mol. The summed E-state index contributed by atoms with van der Waals surface area (Å²) < 4.78 is 58.9. The molecule has 1 radical (unpaired) electrons. The largest absolute Gasteiger partial charge is 5.00 e. The molecule has 0 spiro atoms. The molecule has 0 saturated carbocycles. The number of likely N-dealkylation sites (N-methyl/N-ethyl adjacent to an activating group) is 2. The van der Waals surface area contributed by atoms with Gasteiger partial charge in [0.25, 0.3) is 0 Å². The quantitative estimate of drug-likeness (QED) is 0.254. The monoisotopic (exact) mass is 488 g/mol. The Bertz CT molecular complexity index is 627. The minimum absolute atomic E-state index is 0. The molecule has 0 bridgehead atoms. The predicted octanol–water partition coefficient (Wildman–Crippen LogP) is 0.514. The first kappa shape index (κ1) is 32.8. The predicted molar refractivity (Wildman–Crippen MR) is 92.9 cm³/mol. The normalized spacial score (nSPS) is 17.0. The van der Waals surface area contributed by atoms with Crippen molar-refractivity contribution in [2.45, 2.75) is 12.1 Å². The van der Waals surface area contributed by atoms with Crippen molar-refractivity contribution in [1.29, 1.82) is 0 Å². The number of halogens is 3. The van der Waals surface area contributed by atoms with Crippen molar-refractivity contribution >= 4 is 10.1 Å². The van der Waals surface area contributed by atoms with Crippen LogP contribution in [-0.2, 0) is 39.2 Å². The zero-order chi connectivity index (χ0) is 19.8. The van der Waals surface area contributed by atoms with Gasteiger partial charge in [-0.2, -0.15) is 13.2 Å². The number of hydrogen-bond donors (Lipinski definition) is 0. The maximum Gasteiger partial charge on any atom is 5.00 e. The Hall–Kier alpha value is -0.831. The second-order valence-electron chi connectivity index (χ2n) is 6.10. The van der Waals surface area contributed by atoms with Gasteiger partial charge >= 0.3 is 22.6 Å². The maximum atomic E-state index is 10.7. The van der Waals surface area contributed by atoms with Gasteiger partial charge in [0.1, 0.15) is 0 Å². The van der Waals surface area contributed by atoms with Crippen LogP contribution in [0, 0.1) is 0 Å². The van der Waals surface area contributed by atoms with Crippen molar-refractivity contribution in [1.82, 2.24) is 19.7 Å². The Morgan fingerprint density at radius 1 is 1.03 bits per heavy atom. The number of aromatic nitrogens is 1. The Balaban J connectivity index is -0.000000536. The topological polar surface area (TPSA) is 138 Å². The first-order chi connectivity index (χ1) is 12.0. The summed E-state index contributed by atoms with van der Waals surface area (Å²) in [5.41, 5.74) is -4.48. The zero-order valence-electron chi connectivity index (χ0n) is 16.0. The fraction of sp³-hybridized carbons (Fsp3) is 0.667. The molecule has 1 aromatic heterocycles. The van der Waals surface area contributed by atoms with E-state index in [4.69, 9.17) is 13.0 Å². The number of pyridine rings is 1. The van der Waals surface area contributed by atoms with Crippen molar-refractivity contribution in [3.05, 3.63) is 30.1 Å². The van der Waals surface area contributed by atoms with Crippen molar-refractivity contribution in [3.63, 3.8) is 0 Å². The molecule has 169 valence electrons. The molecule has 0 atom stereocenters. The summed E-state index contributed by atoms with van der Waals surface area (Å²) in [7, 11) is -1.68. The van der Waals surface area contributed by atoms with Gasteiger partial charge in [-0.15, -0.1) is 0 Å². The summed E-state index contributed by atoms with van der Waals surface area (Å²) in [6.07, 6.45) is 1.88. The van der Waals surface area contributed by atoms with E-state index in [0.717, 1.165) is 45.8 Å². The molecule has 0 unspecified atom stereocenters. The average molecular weight is 488 g/mol. The van der Waals surface area contributed by atoms with Gasteiger partial charge < -0.3 is 25.3 Å². The van der Waals surface area contributed by atoms with Gasteiger partial charge in [0.15, 0.2) is 10.1 Å². The van der Waals surface area contributed by atoms with E-state index >= 15 is 0 Å². The SMILES string of the molecule is CN1CCN(C)CCN(Cc2ccccn2)CC1.O=S(=O)([O-])C(F)(F)F.[18OH-].[Fe+5].[O-2]. The Morgan fingerprint density at radius 2 is 1.45 bits per heavy atom. The summed E-state index contributed by atoms with van der Waals surface area (Å²) in [5, 5.41) is 0. The molecule has 1 aliphatic rings. The summed E-state index contributed by atoms with van der Waals surface area (Å²) >= 11 is 0. The molecule has 9 nitrogen and oxygen atoms in total. The zero-order valence-corrected chi connectivity index (χ0v) is 17.9. The minimum Gasteiger partial charge on any atom is -2.00 e. The van der Waals surface area contributed by atoms with Crippen LogP contribution in [0.25, 0.3) is 0 Å². The van der Waals surface area contributed by atoms with Gasteiger partial charge in [-0.05, 0) is 26.2 Å². The number of rotatable bonds is 2. The fourth-order valence-corrected chi connectivity index (χ4v) is 2.18. The summed E-state index contributed by atoms with van der Waals surface area (Å²) in [6.45, 7) is 7.81. The number of alkyl halides is 3. The molecule has 0 amide bonds. The second-order valence-corrected chi connectivity index (χ2v) is 7.47. The van der Waals surface area contributed by atoms with Gasteiger partial charge in [-0.3, -0.25) is 9.88 Å². The molecule has 1 aliphatic heterocycles. The smallest absolute Gasteiger partial charge is 2.00 e. The first-order valence-corrected chi connectivity index (χ1v) is 9.41. The third-order valence-corrected chi connectivity index (χ3v) is 4.42. The van der Waals surface area contributed by atoms with Crippen molar-refractivity contribution in [3.8, 4) is 0 Å². The standard InChI is InChI=1S/C14H24N4.CHF3O3S.Fe.H2O.O/c1-16-7-8-17(2)10-12-18(11-9-16)13-14-5-3-4-6-15-14;2-1(3,4)8(5,6)7;;;/h3-6H,7-13H2,1-2H3;(H,5,6,7);;1H2;/q;;+5;;-2/p-2/i;;;1+2;. The van der Waals surface area contributed by atoms with Gasteiger partial charge in [-0.25, -0.2) is 8.42 Å². The van der Waals surface area contributed by atoms with Gasteiger partial charge in [0.2, 0.25) is 0 Å². The van der Waals surface area contributed by atoms with Crippen LogP contribution in [0.1, 0.15) is 5.69 Å². The van der Waals surface area contributed by atoms with Crippen LogP contribution < -0.4 is 0 Å². The van der Waals surface area contributed by atoms with E-state index in [2.05, 4.69) is 45.9 Å². The van der Waals surface area contributed by atoms with Crippen LogP contribution in [-0.4, -0.2) is 97.0 Å². The molecular formula is C15H25F3FeN4O5S+.